The second kappa shape index (κ2) is 6.39. The Hall–Kier alpha value is -1.36. The molecule has 0 bridgehead atoms. The van der Waals surface area contributed by atoms with Gasteiger partial charge < -0.3 is 10.1 Å². The van der Waals surface area contributed by atoms with E-state index in [-0.39, 0.29) is 5.91 Å². The van der Waals surface area contributed by atoms with Crippen LogP contribution in [0.1, 0.15) is 12.5 Å². The van der Waals surface area contributed by atoms with Crippen molar-refractivity contribution in [2.24, 2.45) is 0 Å². The number of carbonyl (C=O) groups is 2. The second-order valence-corrected chi connectivity index (χ2v) is 4.52. The third-order valence-electron chi connectivity index (χ3n) is 2.22. The van der Waals surface area contributed by atoms with Crippen LogP contribution in [0.4, 0.5) is 0 Å². The highest BCUT2D eigenvalue weighted by atomic mass is 79.9. The first-order valence-electron chi connectivity index (χ1n) is 5.12. The van der Waals surface area contributed by atoms with E-state index in [1.165, 1.54) is 14.0 Å². The summed E-state index contributed by atoms with van der Waals surface area (Å²) in [5, 5.41) is 2.57. The number of halogens is 1. The molecule has 0 aromatic heterocycles. The van der Waals surface area contributed by atoms with Crippen LogP contribution in [0.5, 0.6) is 0 Å². The number of methoxy groups -OCH3 is 1. The Balaban J connectivity index is 2.75. The Bertz CT molecular complexity index is 403. The number of hydrogen-bond acceptors (Lipinski definition) is 3. The monoisotopic (exact) mass is 299 g/mol. The molecule has 1 unspecified atom stereocenters. The molecule has 1 N–H and O–H groups in total. The lowest BCUT2D eigenvalue weighted by atomic mass is 10.1. The van der Waals surface area contributed by atoms with Gasteiger partial charge in [0.25, 0.3) is 0 Å². The third-order valence-corrected chi connectivity index (χ3v) is 2.74. The molecule has 1 rings (SSSR count). The molecular weight excluding hydrogens is 286 g/mol. The van der Waals surface area contributed by atoms with Gasteiger partial charge in [-0.1, -0.05) is 28.1 Å². The summed E-state index contributed by atoms with van der Waals surface area (Å²) in [6, 6.07) is 6.91. The summed E-state index contributed by atoms with van der Waals surface area (Å²) in [7, 11) is 1.30. The lowest BCUT2D eigenvalue weighted by molar-refractivity contribution is -0.144. The SMILES string of the molecule is COC(=O)C(Cc1ccc(Br)cc1)NC(C)=O. The maximum atomic E-state index is 11.5. The van der Waals surface area contributed by atoms with Gasteiger partial charge >= 0.3 is 5.97 Å². The molecule has 0 fully saturated rings. The van der Waals surface area contributed by atoms with Gasteiger partial charge in [0.15, 0.2) is 0 Å². The Morgan fingerprint density at radius 1 is 1.35 bits per heavy atom. The van der Waals surface area contributed by atoms with Crippen LogP contribution in [-0.4, -0.2) is 25.0 Å². The van der Waals surface area contributed by atoms with Crippen LogP contribution in [0.3, 0.4) is 0 Å². The molecule has 0 aliphatic rings. The maximum Gasteiger partial charge on any atom is 0.328 e. The number of nitrogens with one attached hydrogen (secondary N) is 1. The zero-order chi connectivity index (χ0) is 12.8. The van der Waals surface area contributed by atoms with Crippen molar-refractivity contribution in [3.63, 3.8) is 0 Å². The van der Waals surface area contributed by atoms with E-state index in [1.54, 1.807) is 0 Å². The minimum Gasteiger partial charge on any atom is -0.467 e. The van der Waals surface area contributed by atoms with Gasteiger partial charge in [-0.3, -0.25) is 4.79 Å². The van der Waals surface area contributed by atoms with E-state index in [4.69, 9.17) is 0 Å². The molecule has 0 saturated carbocycles. The minimum atomic E-state index is -0.640. The van der Waals surface area contributed by atoms with Gasteiger partial charge in [0, 0.05) is 17.8 Å². The van der Waals surface area contributed by atoms with Crippen LogP contribution < -0.4 is 5.32 Å². The van der Waals surface area contributed by atoms with E-state index in [0.717, 1.165) is 10.0 Å². The van der Waals surface area contributed by atoms with E-state index in [9.17, 15) is 9.59 Å². The fourth-order valence-corrected chi connectivity index (χ4v) is 1.70. The Kier molecular flexibility index (Phi) is 5.15. The van der Waals surface area contributed by atoms with Crippen molar-refractivity contribution in [2.75, 3.05) is 7.11 Å². The summed E-state index contributed by atoms with van der Waals surface area (Å²) in [6.07, 6.45) is 0.416. The number of benzene rings is 1. The van der Waals surface area contributed by atoms with Crippen LogP contribution in [0.2, 0.25) is 0 Å². The summed E-state index contributed by atoms with van der Waals surface area (Å²) in [5.74, 6) is -0.694. The van der Waals surface area contributed by atoms with E-state index in [2.05, 4.69) is 26.0 Å². The number of carbonyl (C=O) groups excluding carboxylic acids is 2. The smallest absolute Gasteiger partial charge is 0.328 e. The summed E-state index contributed by atoms with van der Waals surface area (Å²) >= 11 is 3.33. The summed E-state index contributed by atoms with van der Waals surface area (Å²) in [5.41, 5.74) is 0.956. The van der Waals surface area contributed by atoms with E-state index in [1.807, 2.05) is 24.3 Å². The number of amides is 1. The summed E-state index contributed by atoms with van der Waals surface area (Å²) in [4.78, 5) is 22.5. The lowest BCUT2D eigenvalue weighted by Gasteiger charge is -2.15. The van der Waals surface area contributed by atoms with Gasteiger partial charge in [0.2, 0.25) is 5.91 Å². The number of ether oxygens (including phenoxy) is 1. The van der Waals surface area contributed by atoms with Gasteiger partial charge in [-0.25, -0.2) is 4.79 Å². The van der Waals surface area contributed by atoms with Crippen molar-refractivity contribution >= 4 is 27.8 Å². The average Bonchev–Trinajstić information content (AvgIpc) is 2.29. The molecule has 1 aromatic rings. The van der Waals surface area contributed by atoms with Crippen LogP contribution >= 0.6 is 15.9 Å². The van der Waals surface area contributed by atoms with Crippen molar-refractivity contribution in [3.8, 4) is 0 Å². The molecule has 5 heteroatoms. The van der Waals surface area contributed by atoms with Crippen LogP contribution in [0.25, 0.3) is 0 Å². The highest BCUT2D eigenvalue weighted by Gasteiger charge is 2.20. The fourth-order valence-electron chi connectivity index (χ4n) is 1.44. The maximum absolute atomic E-state index is 11.5. The van der Waals surface area contributed by atoms with Crippen LogP contribution in [-0.2, 0) is 20.7 Å². The quantitative estimate of drug-likeness (QED) is 0.861. The first-order chi connectivity index (χ1) is 8.02. The van der Waals surface area contributed by atoms with Crippen molar-refractivity contribution in [1.29, 1.82) is 0 Å². The first kappa shape index (κ1) is 13.7. The molecule has 92 valence electrons. The molecule has 17 heavy (non-hydrogen) atoms. The first-order valence-corrected chi connectivity index (χ1v) is 5.91. The third kappa shape index (κ3) is 4.56. The van der Waals surface area contributed by atoms with Gasteiger partial charge in [0.1, 0.15) is 6.04 Å². The van der Waals surface area contributed by atoms with Crippen molar-refractivity contribution < 1.29 is 14.3 Å². The largest absolute Gasteiger partial charge is 0.467 e. The standard InChI is InChI=1S/C12H14BrNO3/c1-8(15)14-11(12(16)17-2)7-9-3-5-10(13)6-4-9/h3-6,11H,7H2,1-2H3,(H,14,15). The van der Waals surface area contributed by atoms with Crippen molar-refractivity contribution in [3.05, 3.63) is 34.3 Å². The second-order valence-electron chi connectivity index (χ2n) is 3.61. The molecule has 0 saturated heterocycles. The minimum absolute atomic E-state index is 0.252. The molecule has 1 aromatic carbocycles. The molecule has 0 spiro atoms. The lowest BCUT2D eigenvalue weighted by Crippen LogP contribution is -2.41. The Morgan fingerprint density at radius 2 is 1.94 bits per heavy atom. The summed E-state index contributed by atoms with van der Waals surface area (Å²) < 4.78 is 5.61. The van der Waals surface area contributed by atoms with Gasteiger partial charge in [-0.05, 0) is 17.7 Å². The van der Waals surface area contributed by atoms with Crippen LogP contribution in [0.15, 0.2) is 28.7 Å². The van der Waals surface area contributed by atoms with Gasteiger partial charge in [-0.15, -0.1) is 0 Å². The predicted molar refractivity (Wildman–Crippen MR) is 67.5 cm³/mol. The molecule has 1 amide bonds. The van der Waals surface area contributed by atoms with E-state index >= 15 is 0 Å². The zero-order valence-electron chi connectivity index (χ0n) is 9.70. The topological polar surface area (TPSA) is 55.4 Å². The number of rotatable bonds is 4. The van der Waals surface area contributed by atoms with Crippen molar-refractivity contribution in [1.82, 2.24) is 5.32 Å². The highest BCUT2D eigenvalue weighted by molar-refractivity contribution is 9.10. The zero-order valence-corrected chi connectivity index (χ0v) is 11.3. The molecule has 0 radical (unpaired) electrons. The fraction of sp³-hybridized carbons (Fsp3) is 0.333. The molecule has 0 aliphatic carbocycles. The van der Waals surface area contributed by atoms with Crippen molar-refractivity contribution in [2.45, 2.75) is 19.4 Å². The molecule has 0 aliphatic heterocycles. The van der Waals surface area contributed by atoms with E-state index in [0.29, 0.717) is 6.42 Å². The average molecular weight is 300 g/mol. The van der Waals surface area contributed by atoms with Gasteiger partial charge in [-0.2, -0.15) is 0 Å². The molecule has 4 nitrogen and oxygen atoms in total. The highest BCUT2D eigenvalue weighted by Crippen LogP contribution is 2.12. The normalized spacial score (nSPS) is 11.7. The van der Waals surface area contributed by atoms with E-state index < -0.39 is 12.0 Å². The Morgan fingerprint density at radius 3 is 2.41 bits per heavy atom. The molecule has 1 atom stereocenters. The Labute approximate surface area is 108 Å². The molecule has 0 heterocycles. The number of hydrogen-bond donors (Lipinski definition) is 1. The van der Waals surface area contributed by atoms with Gasteiger partial charge in [0.05, 0.1) is 7.11 Å². The van der Waals surface area contributed by atoms with Crippen LogP contribution in [0, 0.1) is 0 Å². The predicted octanol–water partition coefficient (Wildman–Crippen LogP) is 1.67. The number of esters is 1. The molecular formula is C12H14BrNO3. The summed E-state index contributed by atoms with van der Waals surface area (Å²) in [6.45, 7) is 1.37.